The molecule has 5 heteroatoms. The van der Waals surface area contributed by atoms with E-state index in [9.17, 15) is 4.79 Å². The van der Waals surface area contributed by atoms with Crippen molar-refractivity contribution in [3.8, 4) is 16.2 Å². The van der Waals surface area contributed by atoms with Crippen molar-refractivity contribution >= 4 is 22.3 Å². The lowest BCUT2D eigenvalue weighted by Gasteiger charge is -2.02. The van der Waals surface area contributed by atoms with Gasteiger partial charge in [0.05, 0.1) is 22.6 Å². The topological polar surface area (TPSA) is 52.3 Å². The zero-order valence-electron chi connectivity index (χ0n) is 10.5. The van der Waals surface area contributed by atoms with Crippen molar-refractivity contribution in [2.45, 2.75) is 6.92 Å². The van der Waals surface area contributed by atoms with Crippen LogP contribution in [-0.4, -0.2) is 12.1 Å². The van der Waals surface area contributed by atoms with Crippen LogP contribution in [0.15, 0.2) is 39.7 Å². The second-order valence-corrected chi connectivity index (χ2v) is 5.33. The number of nitrogens with zero attached hydrogens (tertiary/aromatic N) is 1. The van der Waals surface area contributed by atoms with Crippen LogP contribution in [-0.2, 0) is 0 Å². The number of hydrogen-bond donors (Lipinski definition) is 0. The highest BCUT2D eigenvalue weighted by molar-refractivity contribution is 7.15. The van der Waals surface area contributed by atoms with Gasteiger partial charge in [0.15, 0.2) is 0 Å². The fraction of sp³-hybridized carbons (Fsp3) is 0.143. The van der Waals surface area contributed by atoms with Gasteiger partial charge < -0.3 is 9.15 Å². The molecule has 0 saturated heterocycles. The van der Waals surface area contributed by atoms with Gasteiger partial charge in [0, 0.05) is 11.6 Å². The number of ether oxygens (including phenoxy) is 1. The Morgan fingerprint density at radius 3 is 2.84 bits per heavy atom. The molecule has 2 heterocycles. The molecule has 0 aliphatic rings. The highest BCUT2D eigenvalue weighted by Gasteiger charge is 2.10. The number of fused-ring (bicyclic) bond motifs is 1. The second-order valence-electron chi connectivity index (χ2n) is 4.09. The van der Waals surface area contributed by atoms with E-state index in [2.05, 4.69) is 4.98 Å². The third kappa shape index (κ3) is 2.13. The minimum absolute atomic E-state index is 0.346. The molecule has 96 valence electrons. The highest BCUT2D eigenvalue weighted by atomic mass is 32.1. The monoisotopic (exact) mass is 273 g/mol. The number of aryl methyl sites for hydroxylation is 1. The number of thiazole rings is 1. The summed E-state index contributed by atoms with van der Waals surface area (Å²) in [4.78, 5) is 17.0. The molecular weight excluding hydrogens is 262 g/mol. The van der Waals surface area contributed by atoms with Gasteiger partial charge in [0.2, 0.25) is 0 Å². The van der Waals surface area contributed by atoms with Gasteiger partial charge in [-0.05, 0) is 31.2 Å². The van der Waals surface area contributed by atoms with Crippen molar-refractivity contribution in [1.82, 2.24) is 4.98 Å². The first-order valence-corrected chi connectivity index (χ1v) is 6.54. The van der Waals surface area contributed by atoms with Crippen molar-refractivity contribution < 1.29 is 9.15 Å². The zero-order valence-corrected chi connectivity index (χ0v) is 11.3. The van der Waals surface area contributed by atoms with Crippen LogP contribution in [0.25, 0.3) is 21.4 Å². The number of rotatable bonds is 2. The molecule has 0 fully saturated rings. The van der Waals surface area contributed by atoms with Gasteiger partial charge in [-0.2, -0.15) is 0 Å². The van der Waals surface area contributed by atoms with E-state index in [1.54, 1.807) is 25.4 Å². The molecule has 3 rings (SSSR count). The summed E-state index contributed by atoms with van der Waals surface area (Å²) in [7, 11) is 1.60. The highest BCUT2D eigenvalue weighted by Crippen LogP contribution is 2.27. The van der Waals surface area contributed by atoms with Gasteiger partial charge in [-0.3, -0.25) is 0 Å². The number of hydrogen-bond acceptors (Lipinski definition) is 5. The van der Waals surface area contributed by atoms with Crippen LogP contribution in [0.3, 0.4) is 0 Å². The Kier molecular flexibility index (Phi) is 2.83. The van der Waals surface area contributed by atoms with Gasteiger partial charge in [-0.15, -0.1) is 11.3 Å². The van der Waals surface area contributed by atoms with Gasteiger partial charge in [0.25, 0.3) is 0 Å². The van der Waals surface area contributed by atoms with Gasteiger partial charge in [-0.25, -0.2) is 9.78 Å². The first kappa shape index (κ1) is 11.9. The molecule has 0 aliphatic heterocycles. The summed E-state index contributed by atoms with van der Waals surface area (Å²) in [6.45, 7) is 1.90. The van der Waals surface area contributed by atoms with Crippen molar-refractivity contribution in [3.63, 3.8) is 0 Å². The first-order chi connectivity index (χ1) is 9.17. The summed E-state index contributed by atoms with van der Waals surface area (Å²) in [5, 5.41) is 1.75. The predicted molar refractivity (Wildman–Crippen MR) is 74.9 cm³/mol. The normalized spacial score (nSPS) is 10.8. The smallest absolute Gasteiger partial charge is 0.345 e. The molecule has 4 nitrogen and oxygen atoms in total. The van der Waals surface area contributed by atoms with Crippen LogP contribution in [0, 0.1) is 6.92 Å². The van der Waals surface area contributed by atoms with Crippen LogP contribution in [0.5, 0.6) is 5.75 Å². The maximum atomic E-state index is 12.0. The molecule has 0 unspecified atom stereocenters. The molecular formula is C14H11NO3S. The minimum atomic E-state index is -0.346. The average molecular weight is 273 g/mol. The number of benzene rings is 1. The maximum absolute atomic E-state index is 12.0. The van der Waals surface area contributed by atoms with Crippen molar-refractivity contribution in [3.05, 3.63) is 45.9 Å². The van der Waals surface area contributed by atoms with Gasteiger partial charge in [0.1, 0.15) is 11.3 Å². The molecule has 0 amide bonds. The Balaban J connectivity index is 2.25. The number of aromatic nitrogens is 1. The van der Waals surface area contributed by atoms with E-state index in [-0.39, 0.29) is 5.63 Å². The standard InChI is InChI=1S/C14H11NO3S/c1-8-15-7-13(19-8)11-6-9-5-10(17-2)3-4-12(9)18-14(11)16/h3-7H,1-2H3. The van der Waals surface area contributed by atoms with E-state index in [1.165, 1.54) is 11.3 Å². The van der Waals surface area contributed by atoms with E-state index >= 15 is 0 Å². The molecule has 0 N–H and O–H groups in total. The summed E-state index contributed by atoms with van der Waals surface area (Å²) in [6.07, 6.45) is 1.69. The van der Waals surface area contributed by atoms with Crippen LogP contribution in [0.1, 0.15) is 5.01 Å². The fourth-order valence-corrected chi connectivity index (χ4v) is 2.67. The molecule has 0 radical (unpaired) electrons. The predicted octanol–water partition coefficient (Wildman–Crippen LogP) is 3.23. The molecule has 2 aromatic heterocycles. The summed E-state index contributed by atoms with van der Waals surface area (Å²) < 4.78 is 10.5. The molecule has 0 bridgehead atoms. The van der Waals surface area contributed by atoms with Crippen molar-refractivity contribution in [2.24, 2.45) is 0 Å². The number of methoxy groups -OCH3 is 1. The SMILES string of the molecule is COc1ccc2oc(=O)c(-c3cnc(C)s3)cc2c1. The first-order valence-electron chi connectivity index (χ1n) is 5.72. The van der Waals surface area contributed by atoms with Crippen LogP contribution in [0.2, 0.25) is 0 Å². The second kappa shape index (κ2) is 4.51. The zero-order chi connectivity index (χ0) is 13.4. The van der Waals surface area contributed by atoms with E-state index in [0.717, 1.165) is 21.0 Å². The van der Waals surface area contributed by atoms with E-state index in [1.807, 2.05) is 19.1 Å². The average Bonchev–Trinajstić information content (AvgIpc) is 2.84. The lowest BCUT2D eigenvalue weighted by Crippen LogP contribution is -2.01. The third-order valence-corrected chi connectivity index (χ3v) is 3.77. The summed E-state index contributed by atoms with van der Waals surface area (Å²) >= 11 is 1.47. The van der Waals surface area contributed by atoms with Gasteiger partial charge >= 0.3 is 5.63 Å². The Hall–Kier alpha value is -2.14. The van der Waals surface area contributed by atoms with Crippen molar-refractivity contribution in [1.29, 1.82) is 0 Å². The molecule has 0 spiro atoms. The minimum Gasteiger partial charge on any atom is -0.497 e. The molecule has 3 aromatic rings. The van der Waals surface area contributed by atoms with E-state index in [4.69, 9.17) is 9.15 Å². The summed E-state index contributed by atoms with van der Waals surface area (Å²) in [5.74, 6) is 0.729. The van der Waals surface area contributed by atoms with Crippen LogP contribution < -0.4 is 10.4 Å². The Labute approximate surface area is 113 Å². The largest absolute Gasteiger partial charge is 0.497 e. The Morgan fingerprint density at radius 1 is 1.32 bits per heavy atom. The van der Waals surface area contributed by atoms with Crippen LogP contribution >= 0.6 is 11.3 Å². The molecule has 0 atom stereocenters. The lowest BCUT2D eigenvalue weighted by molar-refractivity contribution is 0.415. The summed E-state index contributed by atoms with van der Waals surface area (Å²) in [6, 6.07) is 7.16. The lowest BCUT2D eigenvalue weighted by atomic mass is 10.1. The van der Waals surface area contributed by atoms with E-state index in [0.29, 0.717) is 11.1 Å². The van der Waals surface area contributed by atoms with E-state index < -0.39 is 0 Å². The van der Waals surface area contributed by atoms with Crippen molar-refractivity contribution in [2.75, 3.05) is 7.11 Å². The molecule has 0 aliphatic carbocycles. The van der Waals surface area contributed by atoms with Crippen LogP contribution in [0.4, 0.5) is 0 Å². The molecule has 1 aromatic carbocycles. The van der Waals surface area contributed by atoms with Gasteiger partial charge in [-0.1, -0.05) is 0 Å². The summed E-state index contributed by atoms with van der Waals surface area (Å²) in [5.41, 5.74) is 0.739. The Bertz CT molecular complexity index is 804. The fourth-order valence-electron chi connectivity index (χ4n) is 1.89. The quantitative estimate of drug-likeness (QED) is 0.673. The Morgan fingerprint density at radius 2 is 2.16 bits per heavy atom. The maximum Gasteiger partial charge on any atom is 0.345 e. The molecule has 19 heavy (non-hydrogen) atoms. The molecule has 0 saturated carbocycles. The third-order valence-electron chi connectivity index (χ3n) is 2.83.